The second-order valence-electron chi connectivity index (χ2n) is 3.93. The summed E-state index contributed by atoms with van der Waals surface area (Å²) in [6.45, 7) is 2.25. The van der Waals surface area contributed by atoms with Crippen LogP contribution in [0.4, 0.5) is 0 Å². The van der Waals surface area contributed by atoms with Crippen molar-refractivity contribution < 1.29 is 5.11 Å². The van der Waals surface area contributed by atoms with E-state index in [2.05, 4.69) is 13.0 Å². The van der Waals surface area contributed by atoms with Gasteiger partial charge in [0.1, 0.15) is 5.75 Å². The zero-order valence-electron chi connectivity index (χ0n) is 8.09. The normalized spacial score (nSPS) is 21.2. The molecule has 0 saturated heterocycles. The molecule has 1 atom stereocenters. The van der Waals surface area contributed by atoms with Gasteiger partial charge in [-0.15, -0.1) is 0 Å². The van der Waals surface area contributed by atoms with Crippen molar-refractivity contribution >= 4 is 0 Å². The van der Waals surface area contributed by atoms with Crippen molar-refractivity contribution in [1.82, 2.24) is 0 Å². The Bertz CT molecular complexity index is 304. The summed E-state index contributed by atoms with van der Waals surface area (Å²) in [5, 5.41) is 9.62. The fourth-order valence-corrected chi connectivity index (χ4v) is 2.21. The lowest BCUT2D eigenvalue weighted by Crippen LogP contribution is -2.13. The molecule has 0 radical (unpaired) electrons. The van der Waals surface area contributed by atoms with Gasteiger partial charge in [-0.3, -0.25) is 0 Å². The van der Waals surface area contributed by atoms with E-state index < -0.39 is 0 Å². The molecule has 0 aliphatic heterocycles. The van der Waals surface area contributed by atoms with Gasteiger partial charge in [0.25, 0.3) is 0 Å². The molecule has 0 saturated carbocycles. The number of benzene rings is 1. The number of hydrogen-bond acceptors (Lipinski definition) is 1. The molecule has 0 heterocycles. The van der Waals surface area contributed by atoms with Crippen LogP contribution in [0.15, 0.2) is 18.2 Å². The summed E-state index contributed by atoms with van der Waals surface area (Å²) in [5.41, 5.74) is 2.55. The third kappa shape index (κ3) is 1.55. The number of aromatic hydroxyl groups is 1. The summed E-state index contributed by atoms with van der Waals surface area (Å²) in [5.74, 6) is 1.32. The van der Waals surface area contributed by atoms with E-state index in [1.807, 2.05) is 6.07 Å². The first-order valence-corrected chi connectivity index (χ1v) is 5.11. The number of fused-ring (bicyclic) bond motifs is 1. The summed E-state index contributed by atoms with van der Waals surface area (Å²) >= 11 is 0. The van der Waals surface area contributed by atoms with Crippen LogP contribution in [0.1, 0.15) is 30.9 Å². The minimum atomic E-state index is 0.493. The summed E-state index contributed by atoms with van der Waals surface area (Å²) in [4.78, 5) is 0. The van der Waals surface area contributed by atoms with Gasteiger partial charge in [-0.05, 0) is 42.4 Å². The number of hydrogen-bond donors (Lipinski definition) is 1. The highest BCUT2D eigenvalue weighted by Crippen LogP contribution is 2.32. The molecule has 0 aromatic heterocycles. The number of phenolic OH excluding ortho intramolecular Hbond substituents is 1. The standard InChI is InChI=1S/C12H16O/c1-2-9-6-7-11-10(8-9)4-3-5-12(11)13/h3-5,9,13H,2,6-8H2,1H3/t9-/m1/s1. The molecule has 13 heavy (non-hydrogen) atoms. The summed E-state index contributed by atoms with van der Waals surface area (Å²) < 4.78 is 0. The van der Waals surface area contributed by atoms with Crippen LogP contribution in [0.2, 0.25) is 0 Å². The Labute approximate surface area is 79.4 Å². The fourth-order valence-electron chi connectivity index (χ4n) is 2.21. The first-order valence-electron chi connectivity index (χ1n) is 5.11. The van der Waals surface area contributed by atoms with Gasteiger partial charge in [-0.25, -0.2) is 0 Å². The highest BCUT2D eigenvalue weighted by atomic mass is 16.3. The Balaban J connectivity index is 2.31. The molecule has 1 N–H and O–H groups in total. The topological polar surface area (TPSA) is 20.2 Å². The Hall–Kier alpha value is -0.980. The van der Waals surface area contributed by atoms with Crippen molar-refractivity contribution in [3.63, 3.8) is 0 Å². The van der Waals surface area contributed by atoms with Crippen molar-refractivity contribution in [1.29, 1.82) is 0 Å². The minimum absolute atomic E-state index is 0.493. The Morgan fingerprint density at radius 2 is 2.31 bits per heavy atom. The van der Waals surface area contributed by atoms with Crippen LogP contribution in [0.3, 0.4) is 0 Å². The van der Waals surface area contributed by atoms with Crippen LogP contribution in [-0.4, -0.2) is 5.11 Å². The average Bonchev–Trinajstić information content (AvgIpc) is 2.18. The zero-order valence-corrected chi connectivity index (χ0v) is 8.09. The first kappa shape index (κ1) is 8.61. The molecule has 70 valence electrons. The van der Waals surface area contributed by atoms with Gasteiger partial charge in [-0.2, -0.15) is 0 Å². The van der Waals surface area contributed by atoms with Crippen molar-refractivity contribution in [2.45, 2.75) is 32.6 Å². The molecule has 1 heteroatoms. The minimum Gasteiger partial charge on any atom is -0.508 e. The number of phenols is 1. The van der Waals surface area contributed by atoms with E-state index in [-0.39, 0.29) is 0 Å². The van der Waals surface area contributed by atoms with Crippen molar-refractivity contribution in [2.24, 2.45) is 5.92 Å². The third-order valence-electron chi connectivity index (χ3n) is 3.14. The second-order valence-corrected chi connectivity index (χ2v) is 3.93. The summed E-state index contributed by atoms with van der Waals surface area (Å²) in [6.07, 6.45) is 4.71. The molecule has 0 fully saturated rings. The lowest BCUT2D eigenvalue weighted by atomic mass is 9.82. The monoisotopic (exact) mass is 176 g/mol. The summed E-state index contributed by atoms with van der Waals surface area (Å²) in [7, 11) is 0. The van der Waals surface area contributed by atoms with Crippen LogP contribution >= 0.6 is 0 Å². The molecule has 1 aromatic carbocycles. The Morgan fingerprint density at radius 3 is 3.08 bits per heavy atom. The lowest BCUT2D eigenvalue weighted by Gasteiger charge is -2.23. The average molecular weight is 176 g/mol. The molecule has 1 aliphatic carbocycles. The van der Waals surface area contributed by atoms with E-state index in [4.69, 9.17) is 0 Å². The van der Waals surface area contributed by atoms with E-state index in [1.165, 1.54) is 24.0 Å². The van der Waals surface area contributed by atoms with Gasteiger partial charge in [0.05, 0.1) is 0 Å². The van der Waals surface area contributed by atoms with E-state index in [0.717, 1.165) is 18.8 Å². The van der Waals surface area contributed by atoms with E-state index in [0.29, 0.717) is 5.75 Å². The maximum atomic E-state index is 9.62. The van der Waals surface area contributed by atoms with Gasteiger partial charge in [-0.1, -0.05) is 25.5 Å². The second kappa shape index (κ2) is 3.41. The molecule has 1 aromatic rings. The van der Waals surface area contributed by atoms with Gasteiger partial charge >= 0.3 is 0 Å². The molecule has 0 unspecified atom stereocenters. The van der Waals surface area contributed by atoms with Crippen LogP contribution in [0, 0.1) is 5.92 Å². The largest absolute Gasteiger partial charge is 0.508 e. The van der Waals surface area contributed by atoms with E-state index >= 15 is 0 Å². The maximum Gasteiger partial charge on any atom is 0.119 e. The maximum absolute atomic E-state index is 9.62. The Morgan fingerprint density at radius 1 is 1.46 bits per heavy atom. The van der Waals surface area contributed by atoms with Gasteiger partial charge in [0.2, 0.25) is 0 Å². The highest BCUT2D eigenvalue weighted by Gasteiger charge is 2.18. The zero-order chi connectivity index (χ0) is 9.26. The van der Waals surface area contributed by atoms with Gasteiger partial charge in [0, 0.05) is 0 Å². The van der Waals surface area contributed by atoms with Crippen LogP contribution < -0.4 is 0 Å². The van der Waals surface area contributed by atoms with Gasteiger partial charge in [0.15, 0.2) is 0 Å². The summed E-state index contributed by atoms with van der Waals surface area (Å²) in [6, 6.07) is 5.90. The van der Waals surface area contributed by atoms with Crippen LogP contribution in [0.25, 0.3) is 0 Å². The molecule has 0 bridgehead atoms. The molecular weight excluding hydrogens is 160 g/mol. The molecule has 0 amide bonds. The van der Waals surface area contributed by atoms with E-state index in [1.54, 1.807) is 6.07 Å². The lowest BCUT2D eigenvalue weighted by molar-refractivity contribution is 0.420. The predicted molar refractivity (Wildman–Crippen MR) is 53.9 cm³/mol. The molecule has 0 spiro atoms. The first-order chi connectivity index (χ1) is 6.31. The van der Waals surface area contributed by atoms with E-state index in [9.17, 15) is 5.11 Å². The van der Waals surface area contributed by atoms with Crippen LogP contribution in [-0.2, 0) is 12.8 Å². The van der Waals surface area contributed by atoms with Gasteiger partial charge < -0.3 is 5.11 Å². The molecule has 1 nitrogen and oxygen atoms in total. The molecular formula is C12H16O. The van der Waals surface area contributed by atoms with Crippen LogP contribution in [0.5, 0.6) is 5.75 Å². The molecule has 1 aliphatic rings. The highest BCUT2D eigenvalue weighted by molar-refractivity contribution is 5.40. The SMILES string of the molecule is CC[C@@H]1CCc2c(O)cccc2C1. The molecule has 2 rings (SSSR count). The van der Waals surface area contributed by atoms with Crippen molar-refractivity contribution in [3.8, 4) is 5.75 Å². The predicted octanol–water partition coefficient (Wildman–Crippen LogP) is 2.91. The fraction of sp³-hybridized carbons (Fsp3) is 0.500. The van der Waals surface area contributed by atoms with Crippen molar-refractivity contribution in [2.75, 3.05) is 0 Å². The third-order valence-corrected chi connectivity index (χ3v) is 3.14. The number of rotatable bonds is 1. The smallest absolute Gasteiger partial charge is 0.119 e. The Kier molecular flexibility index (Phi) is 2.26. The van der Waals surface area contributed by atoms with Crippen molar-refractivity contribution in [3.05, 3.63) is 29.3 Å². The quantitative estimate of drug-likeness (QED) is 0.697.